The van der Waals surface area contributed by atoms with Gasteiger partial charge in [-0.3, -0.25) is 4.79 Å². The fourth-order valence-electron chi connectivity index (χ4n) is 2.51. The number of hydrogen-bond acceptors (Lipinski definition) is 6. The molecule has 0 radical (unpaired) electrons. The summed E-state index contributed by atoms with van der Waals surface area (Å²) in [6, 6.07) is 9.54. The second kappa shape index (κ2) is 8.33. The average molecular weight is 389 g/mol. The number of carbonyl (C=O) groups excluding carboxylic acids is 1. The molecule has 0 bridgehead atoms. The number of aromatic nitrogens is 1. The van der Waals surface area contributed by atoms with E-state index in [1.807, 2.05) is 31.2 Å². The summed E-state index contributed by atoms with van der Waals surface area (Å²) in [5.41, 5.74) is 1.83. The minimum atomic E-state index is -0.0482. The summed E-state index contributed by atoms with van der Waals surface area (Å²) in [4.78, 5) is 19.0. The molecule has 0 aliphatic rings. The number of thiophene rings is 1. The molecule has 2 aromatic heterocycles. The van der Waals surface area contributed by atoms with Gasteiger partial charge in [0.1, 0.15) is 11.5 Å². The van der Waals surface area contributed by atoms with Gasteiger partial charge in [-0.25, -0.2) is 4.98 Å². The van der Waals surface area contributed by atoms with Gasteiger partial charge in [-0.05, 0) is 25.1 Å². The Morgan fingerprint density at radius 2 is 2.04 bits per heavy atom. The molecule has 0 saturated heterocycles. The first-order valence-corrected chi connectivity index (χ1v) is 9.77. The predicted octanol–water partition coefficient (Wildman–Crippen LogP) is 4.06. The number of thiazole rings is 1. The topological polar surface area (TPSA) is 60.5 Å². The lowest BCUT2D eigenvalue weighted by Gasteiger charge is -2.10. The van der Waals surface area contributed by atoms with E-state index in [4.69, 9.17) is 9.47 Å². The van der Waals surface area contributed by atoms with Crippen molar-refractivity contribution in [1.29, 1.82) is 0 Å². The van der Waals surface area contributed by atoms with Crippen LogP contribution >= 0.6 is 22.7 Å². The van der Waals surface area contributed by atoms with Crippen LogP contribution in [0.3, 0.4) is 0 Å². The van der Waals surface area contributed by atoms with Crippen molar-refractivity contribution in [2.75, 3.05) is 14.2 Å². The number of benzene rings is 1. The monoisotopic (exact) mass is 388 g/mol. The first-order valence-electron chi connectivity index (χ1n) is 8.08. The quantitative estimate of drug-likeness (QED) is 0.663. The molecular weight excluding hydrogens is 368 g/mol. The van der Waals surface area contributed by atoms with Gasteiger partial charge in [-0.2, -0.15) is 0 Å². The normalized spacial score (nSPS) is 10.6. The van der Waals surface area contributed by atoms with Gasteiger partial charge >= 0.3 is 0 Å². The van der Waals surface area contributed by atoms with Crippen LogP contribution in [0, 0.1) is 6.92 Å². The molecule has 2 heterocycles. The van der Waals surface area contributed by atoms with Crippen LogP contribution in [0.15, 0.2) is 35.7 Å². The number of ether oxygens (including phenoxy) is 2. The second-order valence-electron chi connectivity index (χ2n) is 5.65. The van der Waals surface area contributed by atoms with Crippen molar-refractivity contribution < 1.29 is 14.3 Å². The smallest absolute Gasteiger partial charge is 0.224 e. The first kappa shape index (κ1) is 18.4. The molecule has 0 atom stereocenters. The van der Waals surface area contributed by atoms with Crippen LogP contribution in [0.25, 0.3) is 10.6 Å². The number of carbonyl (C=O) groups is 1. The highest BCUT2D eigenvalue weighted by atomic mass is 32.1. The van der Waals surface area contributed by atoms with E-state index < -0.39 is 0 Å². The van der Waals surface area contributed by atoms with E-state index in [0.717, 1.165) is 26.0 Å². The van der Waals surface area contributed by atoms with Gasteiger partial charge in [-0.1, -0.05) is 6.07 Å². The minimum Gasteiger partial charge on any atom is -0.497 e. The molecule has 1 N–H and O–H groups in total. The summed E-state index contributed by atoms with van der Waals surface area (Å²) >= 11 is 3.29. The Bertz CT molecular complexity index is 902. The van der Waals surface area contributed by atoms with Crippen LogP contribution in [-0.4, -0.2) is 25.1 Å². The molecule has 0 fully saturated rings. The van der Waals surface area contributed by atoms with Gasteiger partial charge in [0, 0.05) is 21.9 Å². The van der Waals surface area contributed by atoms with Crippen LogP contribution in [0.1, 0.15) is 15.4 Å². The Labute approximate surface area is 160 Å². The van der Waals surface area contributed by atoms with Crippen molar-refractivity contribution in [3.8, 4) is 22.1 Å². The summed E-state index contributed by atoms with van der Waals surface area (Å²) < 4.78 is 10.5. The number of hydrogen-bond donors (Lipinski definition) is 1. The fourth-order valence-corrected chi connectivity index (χ4v) is 4.10. The Balaban J connectivity index is 1.59. The van der Waals surface area contributed by atoms with Crippen LogP contribution < -0.4 is 14.8 Å². The van der Waals surface area contributed by atoms with Crippen molar-refractivity contribution in [3.63, 3.8) is 0 Å². The molecule has 0 aliphatic heterocycles. The summed E-state index contributed by atoms with van der Waals surface area (Å²) in [6.45, 7) is 2.50. The number of nitrogens with zero attached hydrogens (tertiary/aromatic N) is 1. The zero-order valence-electron chi connectivity index (χ0n) is 14.9. The largest absolute Gasteiger partial charge is 0.497 e. The third-order valence-electron chi connectivity index (χ3n) is 3.84. The molecule has 1 aromatic carbocycles. The molecule has 5 nitrogen and oxygen atoms in total. The zero-order chi connectivity index (χ0) is 18.5. The summed E-state index contributed by atoms with van der Waals surface area (Å²) in [7, 11) is 3.19. The van der Waals surface area contributed by atoms with Gasteiger partial charge < -0.3 is 14.8 Å². The van der Waals surface area contributed by atoms with Gasteiger partial charge in [-0.15, -0.1) is 22.7 Å². The van der Waals surface area contributed by atoms with E-state index >= 15 is 0 Å². The highest BCUT2D eigenvalue weighted by molar-refractivity contribution is 7.16. The van der Waals surface area contributed by atoms with Crippen molar-refractivity contribution in [1.82, 2.24) is 10.3 Å². The van der Waals surface area contributed by atoms with Crippen LogP contribution in [0.5, 0.6) is 11.5 Å². The van der Waals surface area contributed by atoms with E-state index in [1.54, 1.807) is 43.0 Å². The van der Waals surface area contributed by atoms with Crippen LogP contribution in [-0.2, 0) is 17.8 Å². The molecule has 0 saturated carbocycles. The van der Waals surface area contributed by atoms with E-state index in [0.29, 0.717) is 18.0 Å². The second-order valence-corrected chi connectivity index (χ2v) is 7.88. The van der Waals surface area contributed by atoms with E-state index in [2.05, 4.69) is 15.7 Å². The number of methoxy groups -OCH3 is 2. The Morgan fingerprint density at radius 1 is 1.19 bits per heavy atom. The Kier molecular flexibility index (Phi) is 5.90. The SMILES string of the molecule is COc1ccc(CC(=O)NCc2ccc(-c3csc(C)n3)s2)c(OC)c1. The highest BCUT2D eigenvalue weighted by Crippen LogP contribution is 2.29. The van der Waals surface area contributed by atoms with E-state index in [9.17, 15) is 4.79 Å². The van der Waals surface area contributed by atoms with Gasteiger partial charge in [0.2, 0.25) is 5.91 Å². The third-order valence-corrected chi connectivity index (χ3v) is 5.72. The number of rotatable bonds is 7. The zero-order valence-corrected chi connectivity index (χ0v) is 16.5. The first-order chi connectivity index (χ1) is 12.6. The van der Waals surface area contributed by atoms with Crippen molar-refractivity contribution in [2.45, 2.75) is 19.9 Å². The fraction of sp³-hybridized carbons (Fsp3) is 0.263. The maximum Gasteiger partial charge on any atom is 0.224 e. The molecule has 3 aromatic rings. The lowest BCUT2D eigenvalue weighted by molar-refractivity contribution is -0.120. The maximum absolute atomic E-state index is 12.3. The third kappa shape index (κ3) is 4.42. The molecule has 26 heavy (non-hydrogen) atoms. The molecule has 7 heteroatoms. The van der Waals surface area contributed by atoms with E-state index in [1.165, 1.54) is 0 Å². The Hall–Kier alpha value is -2.38. The highest BCUT2D eigenvalue weighted by Gasteiger charge is 2.11. The summed E-state index contributed by atoms with van der Waals surface area (Å²) in [5.74, 6) is 1.30. The van der Waals surface area contributed by atoms with Gasteiger partial charge in [0.15, 0.2) is 0 Å². The maximum atomic E-state index is 12.3. The standard InChI is InChI=1S/C19H20N2O3S2/c1-12-21-16(11-25-12)18-7-6-15(26-18)10-20-19(22)8-13-4-5-14(23-2)9-17(13)24-3/h4-7,9,11H,8,10H2,1-3H3,(H,20,22). The van der Waals surface area contributed by atoms with Crippen molar-refractivity contribution in [3.05, 3.63) is 51.2 Å². The number of amides is 1. The molecule has 0 unspecified atom stereocenters. The van der Waals surface area contributed by atoms with Crippen LogP contribution in [0.4, 0.5) is 0 Å². The van der Waals surface area contributed by atoms with Crippen molar-refractivity contribution in [2.24, 2.45) is 0 Å². The van der Waals surface area contributed by atoms with Gasteiger partial charge in [0.25, 0.3) is 0 Å². The molecule has 136 valence electrons. The number of aryl methyl sites for hydroxylation is 1. The van der Waals surface area contributed by atoms with Crippen LogP contribution in [0.2, 0.25) is 0 Å². The molecular formula is C19H20N2O3S2. The summed E-state index contributed by atoms with van der Waals surface area (Å²) in [6.07, 6.45) is 0.261. The molecule has 1 amide bonds. The lowest BCUT2D eigenvalue weighted by Crippen LogP contribution is -2.24. The van der Waals surface area contributed by atoms with Crippen molar-refractivity contribution >= 4 is 28.6 Å². The minimum absolute atomic E-state index is 0.0482. The molecule has 0 spiro atoms. The predicted molar refractivity (Wildman–Crippen MR) is 105 cm³/mol. The van der Waals surface area contributed by atoms with E-state index in [-0.39, 0.29) is 12.3 Å². The Morgan fingerprint density at radius 3 is 2.73 bits per heavy atom. The molecule has 3 rings (SSSR count). The number of nitrogens with one attached hydrogen (secondary N) is 1. The van der Waals surface area contributed by atoms with Gasteiger partial charge in [0.05, 0.1) is 42.8 Å². The lowest BCUT2D eigenvalue weighted by atomic mass is 10.1. The summed E-state index contributed by atoms with van der Waals surface area (Å²) in [5, 5.41) is 6.07. The molecule has 0 aliphatic carbocycles. The average Bonchev–Trinajstić information content (AvgIpc) is 3.29.